The summed E-state index contributed by atoms with van der Waals surface area (Å²) in [6.07, 6.45) is 1.00. The van der Waals surface area contributed by atoms with Crippen molar-refractivity contribution in [2.24, 2.45) is 0 Å². The Balaban J connectivity index is 1.36. The number of nitrogens with one attached hydrogen (secondary N) is 3. The van der Waals surface area contributed by atoms with Gasteiger partial charge in [-0.2, -0.15) is 0 Å². The summed E-state index contributed by atoms with van der Waals surface area (Å²) in [5.74, 6) is -3.91. The van der Waals surface area contributed by atoms with E-state index in [0.717, 1.165) is 0 Å². The molecule has 10 heteroatoms. The standard InChI is InChI=1S/C20H26F3N5O2/c21-14-11-13(25-15-2-4-18(29)26-19(15)30)1-3-16(14)27-7-9-28(10-8-27)17-5-6-24-12-20(17,22)23/h1,3,11,15,17,24-25H,2,4-10,12H2,(H,26,29,30)/t15?,17-/m0/s1. The van der Waals surface area contributed by atoms with Crippen LogP contribution < -0.4 is 20.9 Å². The number of amides is 2. The molecule has 164 valence electrons. The number of carbonyl (C=O) groups excluding carboxylic acids is 2. The van der Waals surface area contributed by atoms with Gasteiger partial charge in [0.1, 0.15) is 11.9 Å². The van der Waals surface area contributed by atoms with Gasteiger partial charge in [0.15, 0.2) is 0 Å². The number of rotatable bonds is 4. The third-order valence-corrected chi connectivity index (χ3v) is 6.07. The monoisotopic (exact) mass is 425 g/mol. The summed E-state index contributed by atoms with van der Waals surface area (Å²) in [7, 11) is 0. The van der Waals surface area contributed by atoms with Crippen LogP contribution in [0.15, 0.2) is 18.2 Å². The van der Waals surface area contributed by atoms with Gasteiger partial charge in [0.25, 0.3) is 5.92 Å². The predicted octanol–water partition coefficient (Wildman–Crippen LogP) is 1.16. The summed E-state index contributed by atoms with van der Waals surface area (Å²) in [4.78, 5) is 26.8. The lowest BCUT2D eigenvalue weighted by atomic mass is 9.99. The van der Waals surface area contributed by atoms with E-state index in [1.807, 2.05) is 9.80 Å². The molecule has 30 heavy (non-hydrogen) atoms. The average molecular weight is 425 g/mol. The van der Waals surface area contributed by atoms with Crippen LogP contribution in [0, 0.1) is 5.82 Å². The van der Waals surface area contributed by atoms with E-state index in [4.69, 9.17) is 0 Å². The Morgan fingerprint density at radius 1 is 1.10 bits per heavy atom. The van der Waals surface area contributed by atoms with Crippen LogP contribution >= 0.6 is 0 Å². The van der Waals surface area contributed by atoms with Gasteiger partial charge >= 0.3 is 0 Å². The molecule has 0 saturated carbocycles. The lowest BCUT2D eigenvalue weighted by Crippen LogP contribution is -2.61. The maximum Gasteiger partial charge on any atom is 0.275 e. The molecule has 4 rings (SSSR count). The second-order valence-electron chi connectivity index (χ2n) is 8.08. The van der Waals surface area contributed by atoms with E-state index in [1.165, 1.54) is 6.07 Å². The molecular formula is C20H26F3N5O2. The fourth-order valence-corrected chi connectivity index (χ4v) is 4.43. The second kappa shape index (κ2) is 8.43. The maximum atomic E-state index is 14.7. The molecular weight excluding hydrogens is 399 g/mol. The fourth-order valence-electron chi connectivity index (χ4n) is 4.43. The molecule has 0 bridgehead atoms. The van der Waals surface area contributed by atoms with Gasteiger partial charge in [0, 0.05) is 38.3 Å². The number of hydrogen-bond acceptors (Lipinski definition) is 6. The van der Waals surface area contributed by atoms with Crippen molar-refractivity contribution < 1.29 is 22.8 Å². The highest BCUT2D eigenvalue weighted by molar-refractivity contribution is 6.01. The molecule has 3 aliphatic rings. The summed E-state index contributed by atoms with van der Waals surface area (Å²) < 4.78 is 43.1. The quantitative estimate of drug-likeness (QED) is 0.629. The predicted molar refractivity (Wildman–Crippen MR) is 106 cm³/mol. The van der Waals surface area contributed by atoms with Crippen molar-refractivity contribution >= 4 is 23.2 Å². The van der Waals surface area contributed by atoms with E-state index in [9.17, 15) is 22.8 Å². The van der Waals surface area contributed by atoms with Crippen molar-refractivity contribution in [3.05, 3.63) is 24.0 Å². The van der Waals surface area contributed by atoms with E-state index >= 15 is 0 Å². The minimum absolute atomic E-state index is 0.240. The summed E-state index contributed by atoms with van der Waals surface area (Å²) in [6.45, 7) is 2.13. The number of benzene rings is 1. The summed E-state index contributed by atoms with van der Waals surface area (Å²) in [5, 5.41) is 7.96. The van der Waals surface area contributed by atoms with Gasteiger partial charge in [-0.1, -0.05) is 0 Å². The SMILES string of the molecule is O=C1CCC(Nc2ccc(N3CCN([C@H]4CCNCC4(F)F)CC3)c(F)c2)C(=O)N1. The number of piperidine rings is 2. The van der Waals surface area contributed by atoms with Crippen LogP contribution in [-0.4, -0.2) is 74.0 Å². The number of piperazine rings is 1. The molecule has 3 saturated heterocycles. The topological polar surface area (TPSA) is 76.7 Å². The average Bonchev–Trinajstić information content (AvgIpc) is 2.70. The van der Waals surface area contributed by atoms with E-state index in [0.29, 0.717) is 56.9 Å². The highest BCUT2D eigenvalue weighted by Gasteiger charge is 2.45. The van der Waals surface area contributed by atoms with Crippen LogP contribution in [0.5, 0.6) is 0 Å². The van der Waals surface area contributed by atoms with Gasteiger partial charge in [-0.15, -0.1) is 0 Å². The molecule has 0 aromatic heterocycles. The molecule has 7 nitrogen and oxygen atoms in total. The third-order valence-electron chi connectivity index (χ3n) is 6.07. The molecule has 3 N–H and O–H groups in total. The highest BCUT2D eigenvalue weighted by atomic mass is 19.3. The molecule has 1 aromatic rings. The van der Waals surface area contributed by atoms with Gasteiger partial charge in [0.05, 0.1) is 18.3 Å². The zero-order chi connectivity index (χ0) is 21.3. The van der Waals surface area contributed by atoms with E-state index in [1.54, 1.807) is 12.1 Å². The first-order chi connectivity index (χ1) is 14.3. The number of anilines is 2. The van der Waals surface area contributed by atoms with Crippen LogP contribution in [0.1, 0.15) is 19.3 Å². The van der Waals surface area contributed by atoms with Gasteiger partial charge in [-0.25, -0.2) is 13.2 Å². The van der Waals surface area contributed by atoms with Crippen molar-refractivity contribution in [3.8, 4) is 0 Å². The number of halogens is 3. The largest absolute Gasteiger partial charge is 0.374 e. The van der Waals surface area contributed by atoms with Crippen LogP contribution in [0.3, 0.4) is 0 Å². The van der Waals surface area contributed by atoms with Crippen molar-refractivity contribution in [1.29, 1.82) is 0 Å². The van der Waals surface area contributed by atoms with Gasteiger partial charge in [0.2, 0.25) is 11.8 Å². The van der Waals surface area contributed by atoms with Crippen molar-refractivity contribution in [2.75, 3.05) is 49.5 Å². The highest BCUT2D eigenvalue weighted by Crippen LogP contribution is 2.30. The van der Waals surface area contributed by atoms with Gasteiger partial charge in [-0.05, 0) is 37.6 Å². The molecule has 3 fully saturated rings. The summed E-state index contributed by atoms with van der Waals surface area (Å²) >= 11 is 0. The van der Waals surface area contributed by atoms with Crippen LogP contribution in [0.2, 0.25) is 0 Å². The molecule has 1 unspecified atom stereocenters. The first kappa shape index (κ1) is 20.9. The lowest BCUT2D eigenvalue weighted by Gasteiger charge is -2.44. The molecule has 2 atom stereocenters. The Morgan fingerprint density at radius 3 is 2.53 bits per heavy atom. The number of carbonyl (C=O) groups is 2. The minimum atomic E-state index is -2.75. The van der Waals surface area contributed by atoms with Gasteiger partial charge < -0.3 is 15.5 Å². The Bertz CT molecular complexity index is 814. The summed E-state index contributed by atoms with van der Waals surface area (Å²) in [5.41, 5.74) is 0.874. The minimum Gasteiger partial charge on any atom is -0.374 e. The van der Waals surface area contributed by atoms with Crippen LogP contribution in [-0.2, 0) is 9.59 Å². The number of nitrogens with zero attached hydrogens (tertiary/aromatic N) is 2. The zero-order valence-electron chi connectivity index (χ0n) is 16.6. The molecule has 0 aliphatic carbocycles. The second-order valence-corrected chi connectivity index (χ2v) is 8.08. The number of alkyl halides is 2. The van der Waals surface area contributed by atoms with Crippen molar-refractivity contribution in [1.82, 2.24) is 15.5 Å². The molecule has 3 heterocycles. The smallest absolute Gasteiger partial charge is 0.275 e. The van der Waals surface area contributed by atoms with Gasteiger partial charge in [-0.3, -0.25) is 19.8 Å². The number of imide groups is 1. The van der Waals surface area contributed by atoms with Crippen LogP contribution in [0.4, 0.5) is 24.5 Å². The number of hydrogen-bond donors (Lipinski definition) is 3. The Labute approximate surface area is 173 Å². The Morgan fingerprint density at radius 2 is 1.87 bits per heavy atom. The molecule has 0 spiro atoms. The lowest BCUT2D eigenvalue weighted by molar-refractivity contribution is -0.133. The molecule has 0 radical (unpaired) electrons. The zero-order valence-corrected chi connectivity index (χ0v) is 16.6. The first-order valence-corrected chi connectivity index (χ1v) is 10.3. The normalized spacial score (nSPS) is 27.6. The van der Waals surface area contributed by atoms with Crippen molar-refractivity contribution in [3.63, 3.8) is 0 Å². The molecule has 2 amide bonds. The van der Waals surface area contributed by atoms with E-state index < -0.39 is 29.7 Å². The van der Waals surface area contributed by atoms with E-state index in [-0.39, 0.29) is 18.9 Å². The van der Waals surface area contributed by atoms with Crippen LogP contribution in [0.25, 0.3) is 0 Å². The summed E-state index contributed by atoms with van der Waals surface area (Å²) in [6, 6.07) is 3.30. The fraction of sp³-hybridized carbons (Fsp3) is 0.600. The molecule has 3 aliphatic heterocycles. The Hall–Kier alpha value is -2.33. The van der Waals surface area contributed by atoms with Crippen molar-refractivity contribution in [2.45, 2.75) is 37.3 Å². The molecule has 1 aromatic carbocycles. The third kappa shape index (κ3) is 4.39. The van der Waals surface area contributed by atoms with E-state index in [2.05, 4.69) is 16.0 Å². The maximum absolute atomic E-state index is 14.7. The Kier molecular flexibility index (Phi) is 5.88. The first-order valence-electron chi connectivity index (χ1n) is 10.3.